The van der Waals surface area contributed by atoms with Gasteiger partial charge in [0.1, 0.15) is 5.75 Å². The van der Waals surface area contributed by atoms with Crippen molar-refractivity contribution in [1.82, 2.24) is 9.62 Å². The molecule has 2 rings (SSSR count). The summed E-state index contributed by atoms with van der Waals surface area (Å²) in [6, 6.07) is 4.89. The number of rotatable bonds is 8. The molecule has 0 aliphatic carbocycles. The lowest BCUT2D eigenvalue weighted by Gasteiger charge is -2.17. The van der Waals surface area contributed by atoms with Crippen LogP contribution in [-0.4, -0.2) is 45.4 Å². The van der Waals surface area contributed by atoms with Crippen LogP contribution in [0.2, 0.25) is 0 Å². The van der Waals surface area contributed by atoms with Crippen LogP contribution in [0.3, 0.4) is 0 Å². The summed E-state index contributed by atoms with van der Waals surface area (Å²) in [7, 11) is -1.92. The molecule has 140 valence electrons. The molecule has 0 aromatic heterocycles. The van der Waals surface area contributed by atoms with E-state index < -0.39 is 10.0 Å². The number of nitrogens with zero attached hydrogens (tertiary/aromatic N) is 1. The highest BCUT2D eigenvalue weighted by Gasteiger charge is 2.27. The summed E-state index contributed by atoms with van der Waals surface area (Å²) in [6.45, 7) is 5.86. The fourth-order valence-electron chi connectivity index (χ4n) is 2.84. The zero-order valence-electron chi connectivity index (χ0n) is 15.2. The van der Waals surface area contributed by atoms with E-state index >= 15 is 0 Å². The molecule has 1 heterocycles. The summed E-state index contributed by atoms with van der Waals surface area (Å²) >= 11 is 0. The van der Waals surface area contributed by atoms with Gasteiger partial charge >= 0.3 is 0 Å². The SMILES string of the molecule is COc1ccc(S(=O)(=O)N2CCCC2)cc1CCC(=O)NCC(C)C. The number of nitrogens with one attached hydrogen (secondary N) is 1. The summed E-state index contributed by atoms with van der Waals surface area (Å²) in [5, 5.41) is 2.87. The van der Waals surface area contributed by atoms with Gasteiger partial charge in [0, 0.05) is 26.1 Å². The minimum absolute atomic E-state index is 0.0384. The Hall–Kier alpha value is -1.60. The van der Waals surface area contributed by atoms with Gasteiger partial charge in [0.05, 0.1) is 12.0 Å². The number of benzene rings is 1. The molecule has 6 nitrogen and oxygen atoms in total. The molecule has 25 heavy (non-hydrogen) atoms. The van der Waals surface area contributed by atoms with Gasteiger partial charge in [-0.05, 0) is 48.9 Å². The Labute approximate surface area is 150 Å². The lowest BCUT2D eigenvalue weighted by Crippen LogP contribution is -2.28. The highest BCUT2D eigenvalue weighted by atomic mass is 32.2. The lowest BCUT2D eigenvalue weighted by molar-refractivity contribution is -0.121. The second-order valence-electron chi connectivity index (χ2n) is 6.78. The number of carbonyl (C=O) groups excluding carboxylic acids is 1. The molecule has 0 saturated carbocycles. The van der Waals surface area contributed by atoms with Gasteiger partial charge in [-0.3, -0.25) is 4.79 Å². The Morgan fingerprint density at radius 1 is 1.28 bits per heavy atom. The van der Waals surface area contributed by atoms with Crippen molar-refractivity contribution in [1.29, 1.82) is 0 Å². The third-order valence-corrected chi connectivity index (χ3v) is 6.18. The molecule has 1 aliphatic rings. The van der Waals surface area contributed by atoms with Crippen LogP contribution in [0.1, 0.15) is 38.7 Å². The first-order chi connectivity index (χ1) is 11.8. The van der Waals surface area contributed by atoms with Crippen molar-refractivity contribution >= 4 is 15.9 Å². The molecular weight excluding hydrogens is 340 g/mol. The van der Waals surface area contributed by atoms with Crippen molar-refractivity contribution in [3.05, 3.63) is 23.8 Å². The van der Waals surface area contributed by atoms with Crippen LogP contribution in [0.4, 0.5) is 0 Å². The average Bonchev–Trinajstić information content (AvgIpc) is 3.13. The van der Waals surface area contributed by atoms with Crippen LogP contribution in [0.15, 0.2) is 23.1 Å². The van der Waals surface area contributed by atoms with Crippen molar-refractivity contribution in [2.24, 2.45) is 5.92 Å². The summed E-state index contributed by atoms with van der Waals surface area (Å²) in [5.41, 5.74) is 0.738. The number of hydrogen-bond acceptors (Lipinski definition) is 4. The maximum atomic E-state index is 12.7. The number of amides is 1. The van der Waals surface area contributed by atoms with Crippen molar-refractivity contribution in [3.8, 4) is 5.75 Å². The molecule has 1 N–H and O–H groups in total. The monoisotopic (exact) mass is 368 g/mol. The Morgan fingerprint density at radius 2 is 1.96 bits per heavy atom. The summed E-state index contributed by atoms with van der Waals surface area (Å²) in [5.74, 6) is 0.966. The predicted molar refractivity (Wildman–Crippen MR) is 97.2 cm³/mol. The molecule has 1 aliphatic heterocycles. The number of ether oxygens (including phenoxy) is 1. The van der Waals surface area contributed by atoms with Gasteiger partial charge in [0.15, 0.2) is 0 Å². The zero-order valence-corrected chi connectivity index (χ0v) is 16.1. The van der Waals surface area contributed by atoms with Gasteiger partial charge in [0.2, 0.25) is 15.9 Å². The minimum Gasteiger partial charge on any atom is -0.496 e. The summed E-state index contributed by atoms with van der Waals surface area (Å²) in [4.78, 5) is 12.2. The van der Waals surface area contributed by atoms with Gasteiger partial charge in [0.25, 0.3) is 0 Å². The predicted octanol–water partition coefficient (Wildman–Crippen LogP) is 2.18. The number of sulfonamides is 1. The van der Waals surface area contributed by atoms with Crippen molar-refractivity contribution in [2.75, 3.05) is 26.7 Å². The van der Waals surface area contributed by atoms with E-state index in [1.54, 1.807) is 25.3 Å². The molecule has 1 amide bonds. The molecule has 7 heteroatoms. The molecule has 0 atom stereocenters. The van der Waals surface area contributed by atoms with Crippen LogP contribution >= 0.6 is 0 Å². The van der Waals surface area contributed by atoms with E-state index in [9.17, 15) is 13.2 Å². The van der Waals surface area contributed by atoms with E-state index in [0.29, 0.717) is 44.1 Å². The standard InChI is InChI=1S/C18H28N2O4S/c1-14(2)13-19-18(21)9-6-15-12-16(7-8-17(15)24-3)25(22,23)20-10-4-5-11-20/h7-8,12,14H,4-6,9-11,13H2,1-3H3,(H,19,21). The van der Waals surface area contributed by atoms with E-state index in [4.69, 9.17) is 4.74 Å². The maximum absolute atomic E-state index is 12.7. The summed E-state index contributed by atoms with van der Waals surface area (Å²) in [6.07, 6.45) is 2.54. The fraction of sp³-hybridized carbons (Fsp3) is 0.611. The van der Waals surface area contributed by atoms with Crippen molar-refractivity contribution < 1.29 is 17.9 Å². The van der Waals surface area contributed by atoms with E-state index in [1.165, 1.54) is 4.31 Å². The van der Waals surface area contributed by atoms with Crippen molar-refractivity contribution in [3.63, 3.8) is 0 Å². The molecular formula is C18H28N2O4S. The average molecular weight is 368 g/mol. The normalized spacial score (nSPS) is 15.5. The fourth-order valence-corrected chi connectivity index (χ4v) is 4.41. The first kappa shape index (κ1) is 19.7. The highest BCUT2D eigenvalue weighted by molar-refractivity contribution is 7.89. The highest BCUT2D eigenvalue weighted by Crippen LogP contribution is 2.27. The van der Waals surface area contributed by atoms with Crippen LogP contribution in [-0.2, 0) is 21.2 Å². The topological polar surface area (TPSA) is 75.7 Å². The van der Waals surface area contributed by atoms with Gasteiger partial charge in [-0.1, -0.05) is 13.8 Å². The molecule has 0 spiro atoms. The zero-order chi connectivity index (χ0) is 18.4. The quantitative estimate of drug-likeness (QED) is 0.763. The Balaban J connectivity index is 2.12. The number of carbonyl (C=O) groups is 1. The largest absolute Gasteiger partial charge is 0.496 e. The Bertz CT molecular complexity index is 695. The van der Waals surface area contributed by atoms with E-state index in [-0.39, 0.29) is 10.8 Å². The van der Waals surface area contributed by atoms with Crippen LogP contribution in [0.25, 0.3) is 0 Å². The smallest absolute Gasteiger partial charge is 0.243 e. The third-order valence-electron chi connectivity index (χ3n) is 4.28. The van der Waals surface area contributed by atoms with Gasteiger partial charge in [-0.25, -0.2) is 8.42 Å². The molecule has 0 bridgehead atoms. The minimum atomic E-state index is -3.47. The van der Waals surface area contributed by atoms with E-state index in [0.717, 1.165) is 18.4 Å². The maximum Gasteiger partial charge on any atom is 0.243 e. The molecule has 1 fully saturated rings. The lowest BCUT2D eigenvalue weighted by atomic mass is 10.1. The van der Waals surface area contributed by atoms with Crippen LogP contribution in [0.5, 0.6) is 5.75 Å². The second-order valence-corrected chi connectivity index (χ2v) is 8.72. The van der Waals surface area contributed by atoms with Gasteiger partial charge < -0.3 is 10.1 Å². The molecule has 1 aromatic rings. The number of hydrogen-bond donors (Lipinski definition) is 1. The first-order valence-electron chi connectivity index (χ1n) is 8.78. The van der Waals surface area contributed by atoms with Gasteiger partial charge in [-0.2, -0.15) is 4.31 Å². The van der Waals surface area contributed by atoms with E-state index in [1.807, 2.05) is 13.8 Å². The molecule has 1 saturated heterocycles. The number of aryl methyl sites for hydroxylation is 1. The Kier molecular flexibility index (Phi) is 6.84. The summed E-state index contributed by atoms with van der Waals surface area (Å²) < 4.78 is 32.3. The third kappa shape index (κ3) is 5.19. The van der Waals surface area contributed by atoms with Crippen LogP contribution in [0, 0.1) is 5.92 Å². The number of methoxy groups -OCH3 is 1. The van der Waals surface area contributed by atoms with Gasteiger partial charge in [-0.15, -0.1) is 0 Å². The molecule has 1 aromatic carbocycles. The van der Waals surface area contributed by atoms with Crippen molar-refractivity contribution in [2.45, 2.75) is 44.4 Å². The van der Waals surface area contributed by atoms with Crippen LogP contribution < -0.4 is 10.1 Å². The second kappa shape index (κ2) is 8.67. The van der Waals surface area contributed by atoms with E-state index in [2.05, 4.69) is 5.32 Å². The first-order valence-corrected chi connectivity index (χ1v) is 10.2. The Morgan fingerprint density at radius 3 is 2.56 bits per heavy atom. The molecule has 0 radical (unpaired) electrons. The molecule has 0 unspecified atom stereocenters.